The average molecular weight is 265 g/mol. The van der Waals surface area contributed by atoms with E-state index in [0.29, 0.717) is 0 Å². The molecule has 0 aliphatic carbocycles. The quantitative estimate of drug-likeness (QED) is 0.830. The monoisotopic (exact) mass is 265 g/mol. The van der Waals surface area contributed by atoms with Gasteiger partial charge in [-0.1, -0.05) is 30.3 Å². The van der Waals surface area contributed by atoms with Gasteiger partial charge in [0.25, 0.3) is 10.0 Å². The van der Waals surface area contributed by atoms with Gasteiger partial charge in [0.2, 0.25) is 0 Å². The van der Waals surface area contributed by atoms with Crippen LogP contribution in [0.1, 0.15) is 11.6 Å². The Labute approximate surface area is 96.1 Å². The topological polar surface area (TPSA) is 83.5 Å². The molecule has 0 aliphatic heterocycles. The van der Waals surface area contributed by atoms with Crippen molar-refractivity contribution in [1.82, 2.24) is 4.72 Å². The number of hydrogen-bond acceptors (Lipinski definition) is 3. The Morgan fingerprint density at radius 2 is 1.76 bits per heavy atom. The van der Waals surface area contributed by atoms with E-state index in [4.69, 9.17) is 5.11 Å². The number of nitrogens with one attached hydrogen (secondary N) is 1. The number of carboxylic acids is 1. The number of carbonyl (C=O) groups is 1. The maximum atomic E-state index is 12.1. The second-order valence-corrected chi connectivity index (χ2v) is 4.79. The zero-order chi connectivity index (χ0) is 13.1. The number of sulfonamides is 1. The van der Waals surface area contributed by atoms with Crippen molar-refractivity contribution in [2.75, 3.05) is 0 Å². The predicted molar refractivity (Wildman–Crippen MR) is 54.9 cm³/mol. The van der Waals surface area contributed by atoms with Gasteiger partial charge < -0.3 is 5.11 Å². The third kappa shape index (κ3) is 3.46. The number of carboxylic acid groups (broad SMARTS) is 1. The Hall–Kier alpha value is -1.54. The van der Waals surface area contributed by atoms with Gasteiger partial charge in [0.1, 0.15) is 6.04 Å². The van der Waals surface area contributed by atoms with Gasteiger partial charge in [-0.05, 0) is 5.56 Å². The van der Waals surface area contributed by atoms with Crippen LogP contribution in [0.5, 0.6) is 0 Å². The van der Waals surface area contributed by atoms with E-state index in [1.54, 1.807) is 6.07 Å². The molecule has 0 radical (unpaired) electrons. The fourth-order valence-electron chi connectivity index (χ4n) is 1.12. The summed E-state index contributed by atoms with van der Waals surface area (Å²) < 4.78 is 47.4. The fraction of sp³-hybridized carbons (Fsp3) is 0.222. The largest absolute Gasteiger partial charge is 0.480 e. The first kappa shape index (κ1) is 13.5. The molecule has 0 amide bonds. The van der Waals surface area contributed by atoms with E-state index < -0.39 is 27.8 Å². The molecule has 0 heterocycles. The number of rotatable bonds is 5. The third-order valence-corrected chi connectivity index (χ3v) is 2.93. The Bertz CT molecular complexity index is 489. The van der Waals surface area contributed by atoms with Crippen molar-refractivity contribution in [1.29, 1.82) is 0 Å². The molecule has 1 aromatic carbocycles. The number of aliphatic carboxylic acids is 1. The van der Waals surface area contributed by atoms with Gasteiger partial charge >= 0.3 is 11.7 Å². The lowest BCUT2D eigenvalue weighted by Crippen LogP contribution is -2.37. The van der Waals surface area contributed by atoms with Gasteiger partial charge in [0, 0.05) is 0 Å². The summed E-state index contributed by atoms with van der Waals surface area (Å²) in [5.41, 5.74) is 0.0734. The van der Waals surface area contributed by atoms with Gasteiger partial charge in [-0.2, -0.15) is 13.5 Å². The number of hydrogen-bond donors (Lipinski definition) is 2. The van der Waals surface area contributed by atoms with E-state index in [0.717, 1.165) is 0 Å². The summed E-state index contributed by atoms with van der Waals surface area (Å²) in [6.07, 6.45) is 0. The molecule has 0 unspecified atom stereocenters. The van der Waals surface area contributed by atoms with Crippen LogP contribution in [-0.2, 0) is 14.8 Å². The highest BCUT2D eigenvalue weighted by molar-refractivity contribution is 7.89. The van der Waals surface area contributed by atoms with Crippen molar-refractivity contribution in [2.24, 2.45) is 0 Å². The molecule has 0 spiro atoms. The first-order valence-electron chi connectivity index (χ1n) is 4.41. The minimum absolute atomic E-state index is 0.0734. The lowest BCUT2D eigenvalue weighted by molar-refractivity contribution is -0.139. The maximum absolute atomic E-state index is 12.1. The molecule has 0 aromatic heterocycles. The molecule has 17 heavy (non-hydrogen) atoms. The fourth-order valence-corrected chi connectivity index (χ4v) is 1.79. The van der Waals surface area contributed by atoms with E-state index in [1.165, 1.54) is 29.0 Å². The number of alkyl halides is 2. The van der Waals surface area contributed by atoms with E-state index in [2.05, 4.69) is 0 Å². The van der Waals surface area contributed by atoms with Crippen LogP contribution in [-0.4, -0.2) is 25.3 Å². The molecule has 8 heteroatoms. The van der Waals surface area contributed by atoms with Crippen molar-refractivity contribution in [3.63, 3.8) is 0 Å². The molecular formula is C9H9F2NO4S. The van der Waals surface area contributed by atoms with Gasteiger partial charge in [-0.3, -0.25) is 4.79 Å². The summed E-state index contributed by atoms with van der Waals surface area (Å²) in [6, 6.07) is 5.46. The Morgan fingerprint density at radius 3 is 2.18 bits per heavy atom. The molecule has 1 aromatic rings. The number of benzene rings is 1. The van der Waals surface area contributed by atoms with Crippen LogP contribution in [0.2, 0.25) is 0 Å². The van der Waals surface area contributed by atoms with E-state index >= 15 is 0 Å². The molecule has 0 saturated heterocycles. The second kappa shape index (κ2) is 5.19. The Balaban J connectivity index is 3.02. The normalized spacial score (nSPS) is 13.6. The lowest BCUT2D eigenvalue weighted by Gasteiger charge is -2.14. The van der Waals surface area contributed by atoms with E-state index in [-0.39, 0.29) is 5.56 Å². The van der Waals surface area contributed by atoms with Crippen LogP contribution in [0.3, 0.4) is 0 Å². The Kier molecular flexibility index (Phi) is 4.13. The van der Waals surface area contributed by atoms with Crippen LogP contribution in [0, 0.1) is 0 Å². The SMILES string of the molecule is O=C(O)[C@H](NS(=O)(=O)C(F)F)c1ccccc1. The maximum Gasteiger partial charge on any atom is 0.350 e. The third-order valence-electron chi connectivity index (χ3n) is 1.90. The van der Waals surface area contributed by atoms with Crippen LogP contribution in [0.25, 0.3) is 0 Å². The molecule has 0 saturated carbocycles. The predicted octanol–water partition coefficient (Wildman–Crippen LogP) is 0.954. The summed E-state index contributed by atoms with van der Waals surface area (Å²) in [4.78, 5) is 10.8. The first-order valence-corrected chi connectivity index (χ1v) is 5.96. The molecule has 94 valence electrons. The molecule has 1 rings (SSSR count). The Morgan fingerprint density at radius 1 is 1.24 bits per heavy atom. The van der Waals surface area contributed by atoms with E-state index in [9.17, 15) is 22.0 Å². The zero-order valence-corrected chi connectivity index (χ0v) is 9.19. The first-order chi connectivity index (χ1) is 7.84. The highest BCUT2D eigenvalue weighted by atomic mass is 32.2. The smallest absolute Gasteiger partial charge is 0.350 e. The summed E-state index contributed by atoms with van der Waals surface area (Å²) in [6.45, 7) is 0. The highest BCUT2D eigenvalue weighted by Gasteiger charge is 2.31. The standard InChI is InChI=1S/C9H9F2NO4S/c10-9(11)17(15,16)12-7(8(13)14)6-4-2-1-3-5-6/h1-5,7,9,12H,(H,13,14)/t7-/m1/s1. The molecule has 2 N–H and O–H groups in total. The summed E-state index contributed by atoms with van der Waals surface area (Å²) in [5.74, 6) is -5.23. The highest BCUT2D eigenvalue weighted by Crippen LogP contribution is 2.16. The van der Waals surface area contributed by atoms with Crippen molar-refractivity contribution in [3.05, 3.63) is 35.9 Å². The summed E-state index contributed by atoms with van der Waals surface area (Å²) >= 11 is 0. The second-order valence-electron chi connectivity index (χ2n) is 3.11. The molecule has 0 fully saturated rings. The van der Waals surface area contributed by atoms with E-state index in [1.807, 2.05) is 0 Å². The minimum Gasteiger partial charge on any atom is -0.480 e. The van der Waals surface area contributed by atoms with Crippen LogP contribution < -0.4 is 4.72 Å². The van der Waals surface area contributed by atoms with Crippen LogP contribution >= 0.6 is 0 Å². The van der Waals surface area contributed by atoms with Gasteiger partial charge in [-0.25, -0.2) is 8.42 Å². The van der Waals surface area contributed by atoms with Crippen molar-refractivity contribution in [2.45, 2.75) is 11.8 Å². The molecule has 1 atom stereocenters. The lowest BCUT2D eigenvalue weighted by atomic mass is 10.1. The molecule has 0 aliphatic rings. The van der Waals surface area contributed by atoms with Crippen LogP contribution in [0.15, 0.2) is 30.3 Å². The molecule has 5 nitrogen and oxygen atoms in total. The molecule has 0 bridgehead atoms. The number of halogens is 2. The summed E-state index contributed by atoms with van der Waals surface area (Å²) in [7, 11) is -4.95. The van der Waals surface area contributed by atoms with Crippen LogP contribution in [0.4, 0.5) is 8.78 Å². The average Bonchev–Trinajstić information content (AvgIpc) is 2.26. The minimum atomic E-state index is -4.95. The van der Waals surface area contributed by atoms with Crippen molar-refractivity contribution < 1.29 is 27.1 Å². The van der Waals surface area contributed by atoms with Gasteiger partial charge in [0.15, 0.2) is 0 Å². The zero-order valence-electron chi connectivity index (χ0n) is 8.38. The van der Waals surface area contributed by atoms with Gasteiger partial charge in [-0.15, -0.1) is 0 Å². The summed E-state index contributed by atoms with van der Waals surface area (Å²) in [5, 5.41) is 8.80. The molecular weight excluding hydrogens is 256 g/mol. The van der Waals surface area contributed by atoms with Crippen molar-refractivity contribution >= 4 is 16.0 Å². The van der Waals surface area contributed by atoms with Gasteiger partial charge in [0.05, 0.1) is 0 Å². The van der Waals surface area contributed by atoms with Crippen molar-refractivity contribution in [3.8, 4) is 0 Å².